The Morgan fingerprint density at radius 2 is 1.76 bits per heavy atom. The first kappa shape index (κ1) is 21.5. The lowest BCUT2D eigenvalue weighted by Crippen LogP contribution is -2.30. The van der Waals surface area contributed by atoms with E-state index in [1.807, 2.05) is 30.3 Å². The lowest BCUT2D eigenvalue weighted by Gasteiger charge is -2.09. The van der Waals surface area contributed by atoms with Crippen molar-refractivity contribution in [2.75, 3.05) is 13.2 Å². The molecule has 1 saturated carbocycles. The van der Waals surface area contributed by atoms with E-state index in [1.54, 1.807) is 12.1 Å². The van der Waals surface area contributed by atoms with Crippen molar-refractivity contribution in [3.8, 4) is 5.75 Å². The van der Waals surface area contributed by atoms with Crippen LogP contribution in [-0.2, 0) is 22.4 Å². The third-order valence-corrected chi connectivity index (χ3v) is 5.20. The van der Waals surface area contributed by atoms with E-state index >= 15 is 0 Å². The average molecular weight is 435 g/mol. The van der Waals surface area contributed by atoms with Crippen LogP contribution in [-0.4, -0.2) is 31.0 Å². The van der Waals surface area contributed by atoms with E-state index in [4.69, 9.17) is 27.9 Å². The average Bonchev–Trinajstić information content (AvgIpc) is 3.50. The lowest BCUT2D eigenvalue weighted by atomic mass is 10.1. The Morgan fingerprint density at radius 1 is 1.00 bits per heavy atom. The van der Waals surface area contributed by atoms with Crippen LogP contribution >= 0.6 is 23.2 Å². The molecule has 1 aliphatic rings. The Balaban J connectivity index is 1.33. The molecule has 0 aromatic heterocycles. The van der Waals surface area contributed by atoms with Gasteiger partial charge in [-0.2, -0.15) is 0 Å². The summed E-state index contributed by atoms with van der Waals surface area (Å²) in [6.45, 7) is 0.584. The summed E-state index contributed by atoms with van der Waals surface area (Å²) in [6, 6.07) is 13.2. The minimum atomic E-state index is -0.0841. The molecule has 0 spiro atoms. The highest BCUT2D eigenvalue weighted by Crippen LogP contribution is 2.22. The van der Waals surface area contributed by atoms with E-state index in [9.17, 15) is 9.59 Å². The number of carbonyl (C=O) groups is 2. The first-order valence-corrected chi connectivity index (χ1v) is 10.5. The van der Waals surface area contributed by atoms with Crippen molar-refractivity contribution in [1.29, 1.82) is 0 Å². The number of rotatable bonds is 10. The molecule has 3 rings (SSSR count). The summed E-state index contributed by atoms with van der Waals surface area (Å²) in [5, 5.41) is 6.97. The molecule has 0 radical (unpaired) electrons. The molecule has 1 aliphatic carbocycles. The number of hydrogen-bond acceptors (Lipinski definition) is 3. The van der Waals surface area contributed by atoms with Crippen LogP contribution in [0, 0.1) is 0 Å². The molecular formula is C22H24Cl2N2O3. The first-order chi connectivity index (χ1) is 14.0. The summed E-state index contributed by atoms with van der Waals surface area (Å²) < 4.78 is 5.48. The number of amides is 2. The second-order valence-corrected chi connectivity index (χ2v) is 7.95. The predicted octanol–water partition coefficient (Wildman–Crippen LogP) is 3.94. The molecule has 154 valence electrons. The van der Waals surface area contributed by atoms with Gasteiger partial charge in [-0.25, -0.2) is 0 Å². The fourth-order valence-electron chi connectivity index (χ4n) is 2.81. The number of aryl methyl sites for hydroxylation is 1. The molecular weight excluding hydrogens is 411 g/mol. The molecule has 2 aromatic rings. The largest absolute Gasteiger partial charge is 0.484 e. The molecule has 0 bridgehead atoms. The van der Waals surface area contributed by atoms with E-state index in [2.05, 4.69) is 10.6 Å². The summed E-state index contributed by atoms with van der Waals surface area (Å²) >= 11 is 12.0. The smallest absolute Gasteiger partial charge is 0.258 e. The molecule has 1 fully saturated rings. The van der Waals surface area contributed by atoms with Gasteiger partial charge in [0.05, 0.1) is 0 Å². The van der Waals surface area contributed by atoms with Crippen LogP contribution in [0.5, 0.6) is 5.75 Å². The second-order valence-electron chi connectivity index (χ2n) is 7.11. The zero-order valence-electron chi connectivity index (χ0n) is 16.0. The quantitative estimate of drug-likeness (QED) is 0.594. The second kappa shape index (κ2) is 10.5. The van der Waals surface area contributed by atoms with Gasteiger partial charge in [-0.05, 0) is 61.1 Å². The Bertz CT molecular complexity index is 852. The van der Waals surface area contributed by atoms with Crippen LogP contribution in [0.4, 0.5) is 0 Å². The van der Waals surface area contributed by atoms with Gasteiger partial charge in [0.1, 0.15) is 5.75 Å². The number of ether oxygens (including phenoxy) is 1. The summed E-state index contributed by atoms with van der Waals surface area (Å²) in [6.07, 6.45) is 3.78. The van der Waals surface area contributed by atoms with Crippen LogP contribution in [0.15, 0.2) is 42.5 Å². The third kappa shape index (κ3) is 7.59. The zero-order chi connectivity index (χ0) is 20.6. The van der Waals surface area contributed by atoms with Crippen molar-refractivity contribution in [2.45, 2.75) is 38.1 Å². The maximum atomic E-state index is 12.0. The van der Waals surface area contributed by atoms with E-state index in [1.165, 1.54) is 0 Å². The molecule has 29 heavy (non-hydrogen) atoms. The van der Waals surface area contributed by atoms with Gasteiger partial charge in [0.25, 0.3) is 5.91 Å². The van der Waals surface area contributed by atoms with Gasteiger partial charge in [0.15, 0.2) is 6.61 Å². The molecule has 2 aromatic carbocycles. The minimum absolute atomic E-state index is 0.0161. The van der Waals surface area contributed by atoms with Crippen molar-refractivity contribution in [2.24, 2.45) is 0 Å². The van der Waals surface area contributed by atoms with Crippen molar-refractivity contribution >= 4 is 35.0 Å². The highest BCUT2D eigenvalue weighted by Gasteiger charge is 2.23. The Morgan fingerprint density at radius 3 is 2.45 bits per heavy atom. The van der Waals surface area contributed by atoms with Crippen molar-refractivity contribution < 1.29 is 14.3 Å². The number of benzene rings is 2. The standard InChI is InChI=1S/C22H24Cl2N2O3/c23-17-5-3-16(20(24)13-17)4-10-21(27)25-12-11-15-1-8-19(9-2-15)29-14-22(28)26-18-6-7-18/h1-3,5,8-9,13,18H,4,6-7,10-12,14H2,(H,25,27)(H,26,28). The SMILES string of the molecule is O=C(CCc1ccc(Cl)cc1Cl)NCCc1ccc(OCC(=O)NC2CC2)cc1. The van der Waals surface area contributed by atoms with Crippen LogP contribution in [0.1, 0.15) is 30.4 Å². The van der Waals surface area contributed by atoms with Gasteiger partial charge in [-0.3, -0.25) is 9.59 Å². The van der Waals surface area contributed by atoms with Gasteiger partial charge < -0.3 is 15.4 Å². The van der Waals surface area contributed by atoms with Gasteiger partial charge in [-0.15, -0.1) is 0 Å². The summed E-state index contributed by atoms with van der Waals surface area (Å²) in [7, 11) is 0. The summed E-state index contributed by atoms with van der Waals surface area (Å²) in [5.41, 5.74) is 1.99. The fourth-order valence-corrected chi connectivity index (χ4v) is 3.31. The van der Waals surface area contributed by atoms with E-state index in [0.29, 0.717) is 41.2 Å². The number of nitrogens with one attached hydrogen (secondary N) is 2. The van der Waals surface area contributed by atoms with Crippen LogP contribution in [0.2, 0.25) is 10.0 Å². The fraction of sp³-hybridized carbons (Fsp3) is 0.364. The van der Waals surface area contributed by atoms with Crippen LogP contribution in [0.25, 0.3) is 0 Å². The normalized spacial score (nSPS) is 13.0. The van der Waals surface area contributed by atoms with E-state index in [0.717, 1.165) is 30.4 Å². The maximum absolute atomic E-state index is 12.0. The van der Waals surface area contributed by atoms with E-state index < -0.39 is 0 Å². The minimum Gasteiger partial charge on any atom is -0.484 e. The molecule has 5 nitrogen and oxygen atoms in total. The Kier molecular flexibility index (Phi) is 7.78. The van der Waals surface area contributed by atoms with Gasteiger partial charge in [-0.1, -0.05) is 41.4 Å². The molecule has 0 aliphatic heterocycles. The Hall–Kier alpha value is -2.24. The lowest BCUT2D eigenvalue weighted by molar-refractivity contribution is -0.123. The van der Waals surface area contributed by atoms with Gasteiger partial charge >= 0.3 is 0 Å². The van der Waals surface area contributed by atoms with Crippen LogP contribution in [0.3, 0.4) is 0 Å². The van der Waals surface area contributed by atoms with E-state index in [-0.39, 0.29) is 18.4 Å². The maximum Gasteiger partial charge on any atom is 0.258 e. The van der Waals surface area contributed by atoms with Crippen LogP contribution < -0.4 is 15.4 Å². The topological polar surface area (TPSA) is 67.4 Å². The highest BCUT2D eigenvalue weighted by atomic mass is 35.5. The molecule has 0 saturated heterocycles. The Labute approximate surface area is 180 Å². The number of halogens is 2. The highest BCUT2D eigenvalue weighted by molar-refractivity contribution is 6.35. The zero-order valence-corrected chi connectivity index (χ0v) is 17.6. The van der Waals surface area contributed by atoms with Gasteiger partial charge in [0.2, 0.25) is 5.91 Å². The van der Waals surface area contributed by atoms with Crippen molar-refractivity contribution in [3.63, 3.8) is 0 Å². The van der Waals surface area contributed by atoms with Crippen molar-refractivity contribution in [1.82, 2.24) is 10.6 Å². The third-order valence-electron chi connectivity index (χ3n) is 4.61. The molecule has 0 unspecified atom stereocenters. The molecule has 0 atom stereocenters. The number of carbonyl (C=O) groups excluding carboxylic acids is 2. The summed E-state index contributed by atoms with van der Waals surface area (Å²) in [5.74, 6) is 0.556. The molecule has 2 N–H and O–H groups in total. The summed E-state index contributed by atoms with van der Waals surface area (Å²) in [4.78, 5) is 23.7. The molecule has 0 heterocycles. The molecule has 7 heteroatoms. The predicted molar refractivity (Wildman–Crippen MR) is 115 cm³/mol. The molecule has 2 amide bonds. The first-order valence-electron chi connectivity index (χ1n) is 9.71. The monoisotopic (exact) mass is 434 g/mol. The van der Waals surface area contributed by atoms with Crippen molar-refractivity contribution in [3.05, 3.63) is 63.6 Å². The number of hydrogen-bond donors (Lipinski definition) is 2. The van der Waals surface area contributed by atoms with Gasteiger partial charge in [0, 0.05) is 29.1 Å².